The summed E-state index contributed by atoms with van der Waals surface area (Å²) in [6.07, 6.45) is 3.42. The van der Waals surface area contributed by atoms with E-state index in [1.54, 1.807) is 59.7 Å². The summed E-state index contributed by atoms with van der Waals surface area (Å²) < 4.78 is 0. The summed E-state index contributed by atoms with van der Waals surface area (Å²) in [6.45, 7) is 0. The maximum absolute atomic E-state index is 4.98. The lowest BCUT2D eigenvalue weighted by molar-refractivity contribution is 1.13. The van der Waals surface area contributed by atoms with Crippen LogP contribution >= 0.6 is 47.0 Å². The van der Waals surface area contributed by atoms with E-state index in [1.807, 2.05) is 24.3 Å². The van der Waals surface area contributed by atoms with Gasteiger partial charge in [-0.2, -0.15) is 0 Å². The first kappa shape index (κ1) is 27.5. The average molecular weight is 639 g/mol. The summed E-state index contributed by atoms with van der Waals surface area (Å²) in [6, 6.07) is 41.9. The molecule has 0 saturated heterocycles. The van der Waals surface area contributed by atoms with Crippen molar-refractivity contribution >= 4 is 79.9 Å². The predicted molar refractivity (Wildman–Crippen MR) is 184 cm³/mol. The summed E-state index contributed by atoms with van der Waals surface area (Å²) in [5, 5.41) is 2.01. The Kier molecular flexibility index (Phi) is 7.57. The van der Waals surface area contributed by atoms with Crippen LogP contribution in [0.2, 0.25) is 0 Å². The lowest BCUT2D eigenvalue weighted by Crippen LogP contribution is -2.00. The Hall–Kier alpha value is -4.08. The second kappa shape index (κ2) is 12.1. The van der Waals surface area contributed by atoms with Crippen LogP contribution in [-0.2, 0) is 0 Å². The molecule has 2 heterocycles. The normalized spacial score (nSPS) is 11.5. The number of benzene rings is 6. The van der Waals surface area contributed by atoms with Crippen LogP contribution in [0.15, 0.2) is 173 Å². The van der Waals surface area contributed by atoms with E-state index in [2.05, 4.69) is 97.1 Å². The van der Waals surface area contributed by atoms with Gasteiger partial charge in [0.2, 0.25) is 0 Å². The third kappa shape index (κ3) is 5.18. The minimum Gasteiger partial charge on any atom is -0.235 e. The van der Waals surface area contributed by atoms with E-state index >= 15 is 0 Å². The molecule has 0 unspecified atom stereocenters. The van der Waals surface area contributed by atoms with Crippen LogP contribution in [0.25, 0.3) is 32.8 Å². The van der Waals surface area contributed by atoms with E-state index in [0.717, 1.165) is 72.0 Å². The van der Waals surface area contributed by atoms with Crippen LogP contribution in [0.4, 0.5) is 0 Å². The maximum Gasteiger partial charge on any atom is 0.116 e. The number of hydrogen-bond acceptors (Lipinski definition) is 8. The Bertz CT molecular complexity index is 1900. The molecule has 6 aromatic carbocycles. The zero-order valence-corrected chi connectivity index (χ0v) is 26.4. The number of hydrogen-bond donors (Lipinski definition) is 0. The molecule has 0 atom stereocenters. The van der Waals surface area contributed by atoms with E-state index in [-0.39, 0.29) is 0 Å². The van der Waals surface area contributed by atoms with Gasteiger partial charge in [0, 0.05) is 30.4 Å². The second-order valence-corrected chi connectivity index (χ2v) is 14.2. The molecule has 0 spiro atoms. The van der Waals surface area contributed by atoms with Gasteiger partial charge in [-0.15, -0.1) is 0 Å². The summed E-state index contributed by atoms with van der Waals surface area (Å²) in [4.78, 5) is 28.8. The SMILES string of the molecule is c1ccc(Sc2c(Sc3ccccc3)c3ncnc4c(Sc5ccccc5)c(Sc5ccccc5)c5ncnc2c5c34)cc1. The Morgan fingerprint density at radius 2 is 0.523 bits per heavy atom. The molecule has 2 aromatic heterocycles. The van der Waals surface area contributed by atoms with Crippen LogP contribution in [-0.4, -0.2) is 19.9 Å². The van der Waals surface area contributed by atoms with Gasteiger partial charge in [0.05, 0.1) is 41.6 Å². The van der Waals surface area contributed by atoms with Gasteiger partial charge in [0.25, 0.3) is 0 Å². The van der Waals surface area contributed by atoms with Crippen molar-refractivity contribution in [2.45, 2.75) is 39.2 Å². The van der Waals surface area contributed by atoms with Gasteiger partial charge in [0.1, 0.15) is 12.7 Å². The van der Waals surface area contributed by atoms with Crippen LogP contribution in [0, 0.1) is 0 Å². The maximum atomic E-state index is 4.98. The molecule has 0 radical (unpaired) electrons. The average Bonchev–Trinajstić information content (AvgIpc) is 3.09. The van der Waals surface area contributed by atoms with Crippen LogP contribution in [0.3, 0.4) is 0 Å². The molecule has 0 aliphatic rings. The van der Waals surface area contributed by atoms with Crippen LogP contribution in [0.1, 0.15) is 0 Å². The van der Waals surface area contributed by atoms with Crippen molar-refractivity contribution in [2.24, 2.45) is 0 Å². The third-order valence-corrected chi connectivity index (χ3v) is 11.8. The molecule has 8 aromatic rings. The van der Waals surface area contributed by atoms with Gasteiger partial charge in [-0.05, 0) is 48.5 Å². The van der Waals surface area contributed by atoms with Gasteiger partial charge in [-0.25, -0.2) is 19.9 Å². The molecule has 0 aliphatic carbocycles. The molecule has 0 N–H and O–H groups in total. The quantitative estimate of drug-likeness (QED) is 0.152. The highest BCUT2D eigenvalue weighted by atomic mass is 32.2. The summed E-state index contributed by atoms with van der Waals surface area (Å²) in [5.41, 5.74) is 3.67. The van der Waals surface area contributed by atoms with E-state index in [9.17, 15) is 0 Å². The van der Waals surface area contributed by atoms with Crippen LogP contribution in [0.5, 0.6) is 0 Å². The smallest absolute Gasteiger partial charge is 0.116 e. The Labute approximate surface area is 271 Å². The van der Waals surface area contributed by atoms with E-state index in [0.29, 0.717) is 0 Å². The molecule has 8 heteroatoms. The first-order valence-corrected chi connectivity index (χ1v) is 17.2. The third-order valence-electron chi connectivity index (χ3n) is 7.07. The number of rotatable bonds is 8. The first-order chi connectivity index (χ1) is 21.8. The zero-order chi connectivity index (χ0) is 29.3. The van der Waals surface area contributed by atoms with Gasteiger partial charge >= 0.3 is 0 Å². The molecular weight excluding hydrogens is 617 g/mol. The Morgan fingerprint density at radius 1 is 0.295 bits per heavy atom. The summed E-state index contributed by atoms with van der Waals surface area (Å²) in [5.74, 6) is 0. The monoisotopic (exact) mass is 638 g/mol. The standard InChI is InChI=1S/C36H22N4S4/c1-5-13-23(14-6-1)41-33-29-27-28-30(34(33)42-24-15-7-2-8-16-24)38-22-40-32(28)36(44-26-19-11-4-12-20-26)35(31(27)39-21-37-29)43-25-17-9-3-10-18-25/h1-22H. The molecule has 0 amide bonds. The minimum absolute atomic E-state index is 0.917. The van der Waals surface area contributed by atoms with Crippen molar-refractivity contribution in [1.82, 2.24) is 19.9 Å². The van der Waals surface area contributed by atoms with Gasteiger partial charge in [0.15, 0.2) is 0 Å². The molecule has 0 aliphatic heterocycles. The lowest BCUT2D eigenvalue weighted by Gasteiger charge is -2.21. The summed E-state index contributed by atoms with van der Waals surface area (Å²) in [7, 11) is 0. The topological polar surface area (TPSA) is 51.6 Å². The highest BCUT2D eigenvalue weighted by Crippen LogP contribution is 2.53. The fourth-order valence-electron chi connectivity index (χ4n) is 5.17. The van der Waals surface area contributed by atoms with E-state index < -0.39 is 0 Å². The Morgan fingerprint density at radius 3 is 0.750 bits per heavy atom. The number of aromatic nitrogens is 4. The van der Waals surface area contributed by atoms with E-state index in [4.69, 9.17) is 19.9 Å². The fraction of sp³-hybridized carbons (Fsp3) is 0. The highest BCUT2D eigenvalue weighted by Gasteiger charge is 2.27. The van der Waals surface area contributed by atoms with Crippen molar-refractivity contribution in [3.8, 4) is 0 Å². The highest BCUT2D eigenvalue weighted by molar-refractivity contribution is 8.03. The van der Waals surface area contributed by atoms with Crippen molar-refractivity contribution in [3.63, 3.8) is 0 Å². The molecule has 0 saturated carbocycles. The molecule has 0 bridgehead atoms. The molecule has 0 fully saturated rings. The molecule has 44 heavy (non-hydrogen) atoms. The predicted octanol–water partition coefficient (Wildman–Crippen LogP) is 10.8. The molecule has 4 nitrogen and oxygen atoms in total. The first-order valence-electron chi connectivity index (χ1n) is 14.0. The van der Waals surface area contributed by atoms with Crippen molar-refractivity contribution in [2.75, 3.05) is 0 Å². The van der Waals surface area contributed by atoms with Gasteiger partial charge in [-0.3, -0.25) is 0 Å². The second-order valence-electron chi connectivity index (χ2n) is 9.87. The molecule has 210 valence electrons. The number of nitrogens with zero attached hydrogens (tertiary/aromatic N) is 4. The van der Waals surface area contributed by atoms with Gasteiger partial charge in [-0.1, -0.05) is 120 Å². The van der Waals surface area contributed by atoms with Crippen molar-refractivity contribution in [3.05, 3.63) is 134 Å². The minimum atomic E-state index is 0.917. The molecular formula is C36H22N4S4. The van der Waals surface area contributed by atoms with Crippen molar-refractivity contribution in [1.29, 1.82) is 0 Å². The van der Waals surface area contributed by atoms with Gasteiger partial charge < -0.3 is 0 Å². The largest absolute Gasteiger partial charge is 0.235 e. The Balaban J connectivity index is 1.48. The fourth-order valence-corrected chi connectivity index (χ4v) is 9.55. The van der Waals surface area contributed by atoms with Crippen LogP contribution < -0.4 is 0 Å². The summed E-state index contributed by atoms with van der Waals surface area (Å²) >= 11 is 6.90. The van der Waals surface area contributed by atoms with Crippen molar-refractivity contribution < 1.29 is 0 Å². The molecule has 8 rings (SSSR count). The van der Waals surface area contributed by atoms with E-state index in [1.165, 1.54) is 0 Å². The zero-order valence-electron chi connectivity index (χ0n) is 23.1. The lowest BCUT2D eigenvalue weighted by atomic mass is 10.0.